The number of aromatic nitrogens is 1. The highest BCUT2D eigenvalue weighted by Crippen LogP contribution is 2.32. The Kier molecular flexibility index (Phi) is 3.50. The summed E-state index contributed by atoms with van der Waals surface area (Å²) in [4.78, 5) is 30.7. The Hall–Kier alpha value is -1.43. The fraction of sp³-hybridized carbons (Fsp3) is 0.643. The van der Waals surface area contributed by atoms with Gasteiger partial charge in [0.25, 0.3) is 0 Å². The van der Waals surface area contributed by atoms with E-state index in [4.69, 9.17) is 0 Å². The van der Waals surface area contributed by atoms with Gasteiger partial charge in [-0.15, -0.1) is 11.3 Å². The number of thiazole rings is 1. The van der Waals surface area contributed by atoms with Gasteiger partial charge in [-0.2, -0.15) is 0 Å². The number of aryl methyl sites for hydroxylation is 1. The molecule has 1 fully saturated rings. The third-order valence-electron chi connectivity index (χ3n) is 4.11. The summed E-state index contributed by atoms with van der Waals surface area (Å²) in [7, 11) is 0. The number of likely N-dealkylation sites (tertiary alicyclic amines) is 1. The van der Waals surface area contributed by atoms with Crippen molar-refractivity contribution in [3.05, 3.63) is 10.6 Å². The van der Waals surface area contributed by atoms with Gasteiger partial charge in [0.2, 0.25) is 11.8 Å². The number of fused-ring (bicyclic) bond motifs is 1. The summed E-state index contributed by atoms with van der Waals surface area (Å²) in [5, 5.41) is 3.62. The van der Waals surface area contributed by atoms with E-state index in [-0.39, 0.29) is 17.7 Å². The zero-order valence-electron chi connectivity index (χ0n) is 11.8. The lowest BCUT2D eigenvalue weighted by Crippen LogP contribution is -2.53. The van der Waals surface area contributed by atoms with Gasteiger partial charge in [0.15, 0.2) is 5.13 Å². The van der Waals surface area contributed by atoms with Gasteiger partial charge in [0.1, 0.15) is 0 Å². The van der Waals surface area contributed by atoms with E-state index in [0.29, 0.717) is 19.0 Å². The van der Waals surface area contributed by atoms with Crippen LogP contribution in [0.25, 0.3) is 0 Å². The molecule has 1 aliphatic heterocycles. The molecule has 2 amide bonds. The van der Waals surface area contributed by atoms with E-state index >= 15 is 0 Å². The fourth-order valence-corrected chi connectivity index (χ4v) is 3.88. The lowest BCUT2D eigenvalue weighted by molar-refractivity contribution is -0.139. The van der Waals surface area contributed by atoms with Crippen molar-refractivity contribution in [1.82, 2.24) is 9.88 Å². The minimum absolute atomic E-state index is 0.0124. The molecule has 1 aliphatic carbocycles. The highest BCUT2D eigenvalue weighted by molar-refractivity contribution is 7.15. The second-order valence-corrected chi connectivity index (χ2v) is 6.93. The van der Waals surface area contributed by atoms with Gasteiger partial charge in [-0.05, 0) is 25.2 Å². The van der Waals surface area contributed by atoms with E-state index in [1.165, 1.54) is 18.2 Å². The third-order valence-corrected chi connectivity index (χ3v) is 5.15. The van der Waals surface area contributed by atoms with Crippen molar-refractivity contribution in [2.24, 2.45) is 11.8 Å². The zero-order valence-corrected chi connectivity index (χ0v) is 12.6. The molecule has 0 aromatic carbocycles. The molecule has 0 unspecified atom stereocenters. The molecule has 1 aromatic rings. The molecule has 20 heavy (non-hydrogen) atoms. The molecular weight excluding hydrogens is 274 g/mol. The van der Waals surface area contributed by atoms with Crippen LogP contribution < -0.4 is 5.32 Å². The number of amides is 2. The summed E-state index contributed by atoms with van der Waals surface area (Å²) in [5.41, 5.74) is 1.15. The van der Waals surface area contributed by atoms with E-state index in [9.17, 15) is 9.59 Å². The molecular formula is C14H19N3O2S. The largest absolute Gasteiger partial charge is 0.341 e. The molecule has 0 radical (unpaired) electrons. The van der Waals surface area contributed by atoms with Crippen molar-refractivity contribution in [2.45, 2.75) is 33.1 Å². The van der Waals surface area contributed by atoms with Crippen LogP contribution >= 0.6 is 11.3 Å². The van der Waals surface area contributed by atoms with Crippen LogP contribution in [0.1, 0.15) is 30.8 Å². The number of nitrogens with one attached hydrogen (secondary N) is 1. The summed E-state index contributed by atoms with van der Waals surface area (Å²) < 4.78 is 0. The van der Waals surface area contributed by atoms with Gasteiger partial charge in [0.05, 0.1) is 11.6 Å². The van der Waals surface area contributed by atoms with Gasteiger partial charge in [0, 0.05) is 24.9 Å². The minimum Gasteiger partial charge on any atom is -0.341 e. The summed E-state index contributed by atoms with van der Waals surface area (Å²) >= 11 is 1.60. The second-order valence-electron chi connectivity index (χ2n) is 5.85. The van der Waals surface area contributed by atoms with Gasteiger partial charge in [-0.25, -0.2) is 4.98 Å². The first-order valence-electron chi connectivity index (χ1n) is 7.08. The van der Waals surface area contributed by atoms with Crippen LogP contribution in [0.15, 0.2) is 0 Å². The molecule has 1 N–H and O–H groups in total. The van der Waals surface area contributed by atoms with Crippen LogP contribution in [0.2, 0.25) is 0 Å². The Balaban J connectivity index is 1.59. The van der Waals surface area contributed by atoms with Crippen molar-refractivity contribution in [1.29, 1.82) is 0 Å². The Morgan fingerprint density at radius 1 is 1.40 bits per heavy atom. The SMILES string of the molecule is CC(=O)N1CC(C(=O)Nc2nc3c(s2)C[C@H](C)CC3)C1. The average molecular weight is 293 g/mol. The molecule has 3 rings (SSSR count). The Bertz CT molecular complexity index is 549. The summed E-state index contributed by atoms with van der Waals surface area (Å²) in [5.74, 6) is 0.649. The molecule has 0 saturated carbocycles. The van der Waals surface area contributed by atoms with Crippen LogP contribution in [-0.4, -0.2) is 34.8 Å². The zero-order chi connectivity index (χ0) is 14.3. The first-order valence-corrected chi connectivity index (χ1v) is 7.89. The molecule has 2 aliphatic rings. The Morgan fingerprint density at radius 2 is 2.15 bits per heavy atom. The van der Waals surface area contributed by atoms with Gasteiger partial charge >= 0.3 is 0 Å². The third kappa shape index (κ3) is 2.57. The van der Waals surface area contributed by atoms with Crippen LogP contribution in [0.5, 0.6) is 0 Å². The lowest BCUT2D eigenvalue weighted by Gasteiger charge is -2.37. The van der Waals surface area contributed by atoms with Gasteiger partial charge in [-0.3, -0.25) is 9.59 Å². The number of nitrogens with zero attached hydrogens (tertiary/aromatic N) is 2. The van der Waals surface area contributed by atoms with Crippen molar-refractivity contribution >= 4 is 28.3 Å². The van der Waals surface area contributed by atoms with Gasteiger partial charge < -0.3 is 10.2 Å². The highest BCUT2D eigenvalue weighted by Gasteiger charge is 2.34. The fourth-order valence-electron chi connectivity index (χ4n) is 2.70. The van der Waals surface area contributed by atoms with E-state index in [1.54, 1.807) is 16.2 Å². The second kappa shape index (κ2) is 5.16. The summed E-state index contributed by atoms with van der Waals surface area (Å²) in [6.07, 6.45) is 3.27. The highest BCUT2D eigenvalue weighted by atomic mass is 32.1. The maximum absolute atomic E-state index is 12.1. The number of carbonyl (C=O) groups excluding carboxylic acids is 2. The lowest BCUT2D eigenvalue weighted by atomic mass is 9.93. The van der Waals surface area contributed by atoms with Crippen molar-refractivity contribution in [3.63, 3.8) is 0 Å². The molecule has 108 valence electrons. The maximum Gasteiger partial charge on any atom is 0.232 e. The number of carbonyl (C=O) groups is 2. The normalized spacial score (nSPS) is 22.1. The first-order chi connectivity index (χ1) is 9.52. The van der Waals surface area contributed by atoms with E-state index < -0.39 is 0 Å². The topological polar surface area (TPSA) is 62.3 Å². The number of hydrogen-bond donors (Lipinski definition) is 1. The molecule has 1 aromatic heterocycles. The van der Waals surface area contributed by atoms with Crippen molar-refractivity contribution in [3.8, 4) is 0 Å². The van der Waals surface area contributed by atoms with Crippen LogP contribution in [0.3, 0.4) is 0 Å². The van der Waals surface area contributed by atoms with Gasteiger partial charge in [-0.1, -0.05) is 6.92 Å². The van der Waals surface area contributed by atoms with E-state index in [0.717, 1.165) is 23.7 Å². The maximum atomic E-state index is 12.1. The first kappa shape index (κ1) is 13.5. The van der Waals surface area contributed by atoms with Crippen molar-refractivity contribution in [2.75, 3.05) is 18.4 Å². The Morgan fingerprint density at radius 3 is 2.85 bits per heavy atom. The molecule has 1 atom stereocenters. The average Bonchev–Trinajstić information content (AvgIpc) is 2.67. The minimum atomic E-state index is -0.0845. The van der Waals surface area contributed by atoms with Crippen molar-refractivity contribution < 1.29 is 9.59 Å². The van der Waals surface area contributed by atoms with Crippen LogP contribution in [0.4, 0.5) is 5.13 Å². The number of anilines is 1. The summed E-state index contributed by atoms with van der Waals surface area (Å²) in [6.45, 7) is 4.85. The summed E-state index contributed by atoms with van der Waals surface area (Å²) in [6, 6.07) is 0. The monoisotopic (exact) mass is 293 g/mol. The van der Waals surface area contributed by atoms with Crippen LogP contribution in [0, 0.1) is 11.8 Å². The quantitative estimate of drug-likeness (QED) is 0.902. The number of rotatable bonds is 2. The molecule has 0 bridgehead atoms. The predicted molar refractivity (Wildman–Crippen MR) is 77.7 cm³/mol. The smallest absolute Gasteiger partial charge is 0.232 e. The molecule has 2 heterocycles. The predicted octanol–water partition coefficient (Wildman–Crippen LogP) is 1.68. The number of hydrogen-bond acceptors (Lipinski definition) is 4. The van der Waals surface area contributed by atoms with E-state index in [2.05, 4.69) is 17.2 Å². The molecule has 5 nitrogen and oxygen atoms in total. The molecule has 6 heteroatoms. The standard InChI is InChI=1S/C14H19N3O2S/c1-8-3-4-11-12(5-8)20-14(15-11)16-13(19)10-6-17(7-10)9(2)18/h8,10H,3-7H2,1-2H3,(H,15,16,19)/t8-/m1/s1. The molecule has 1 saturated heterocycles. The molecule has 0 spiro atoms. The van der Waals surface area contributed by atoms with E-state index in [1.807, 2.05) is 0 Å². The van der Waals surface area contributed by atoms with Crippen LogP contribution in [-0.2, 0) is 22.4 Å². The Labute approximate surface area is 122 Å².